The highest BCUT2D eigenvalue weighted by atomic mass is 19.4. The zero-order valence-electron chi connectivity index (χ0n) is 15.3. The quantitative estimate of drug-likeness (QED) is 0.278. The molecule has 1 aromatic heterocycles. The lowest BCUT2D eigenvalue weighted by atomic mass is 10.0. The predicted molar refractivity (Wildman–Crippen MR) is 95.6 cm³/mol. The van der Waals surface area contributed by atoms with E-state index >= 15 is 0 Å². The number of benzene rings is 1. The summed E-state index contributed by atoms with van der Waals surface area (Å²) in [6, 6.07) is 4.75. The number of nitrogens with zero attached hydrogens (tertiary/aromatic N) is 3. The summed E-state index contributed by atoms with van der Waals surface area (Å²) >= 11 is 0. The Balaban J connectivity index is 2.09. The Hall–Kier alpha value is -2.97. The van der Waals surface area contributed by atoms with Gasteiger partial charge in [0.05, 0.1) is 18.4 Å². The Morgan fingerprint density at radius 2 is 2.04 bits per heavy atom. The second-order valence-electron chi connectivity index (χ2n) is 5.70. The van der Waals surface area contributed by atoms with E-state index in [4.69, 9.17) is 9.57 Å². The molecule has 0 aliphatic heterocycles. The number of hydrogen-bond acceptors (Lipinski definition) is 6. The topological polar surface area (TPSA) is 73.7 Å². The SMILES string of the molecule is CCOC(=O)CCCCO/N=C(/c1cccc(C(F)(F)F)c1)c1cnccn1. The van der Waals surface area contributed by atoms with Crippen LogP contribution in [0.2, 0.25) is 0 Å². The molecule has 0 amide bonds. The molecule has 9 heteroatoms. The molecule has 1 heterocycles. The average Bonchev–Trinajstić information content (AvgIpc) is 2.68. The maximum atomic E-state index is 13.0. The van der Waals surface area contributed by atoms with Crippen LogP contribution in [0.3, 0.4) is 0 Å². The van der Waals surface area contributed by atoms with Crippen LogP contribution in [0.15, 0.2) is 48.0 Å². The zero-order valence-corrected chi connectivity index (χ0v) is 15.3. The highest BCUT2D eigenvalue weighted by Crippen LogP contribution is 2.30. The van der Waals surface area contributed by atoms with Gasteiger partial charge in [-0.05, 0) is 31.9 Å². The molecule has 2 aromatic rings. The molecule has 0 radical (unpaired) electrons. The number of hydrogen-bond donors (Lipinski definition) is 0. The second-order valence-corrected chi connectivity index (χ2v) is 5.70. The number of carbonyl (C=O) groups excluding carboxylic acids is 1. The minimum absolute atomic E-state index is 0.143. The minimum Gasteiger partial charge on any atom is -0.466 e. The molecule has 0 saturated carbocycles. The van der Waals surface area contributed by atoms with Gasteiger partial charge >= 0.3 is 12.1 Å². The Kier molecular flexibility index (Phi) is 7.91. The van der Waals surface area contributed by atoms with E-state index in [1.807, 2.05) is 0 Å². The molecule has 28 heavy (non-hydrogen) atoms. The van der Waals surface area contributed by atoms with Crippen molar-refractivity contribution in [3.05, 3.63) is 59.7 Å². The monoisotopic (exact) mass is 395 g/mol. The number of alkyl halides is 3. The van der Waals surface area contributed by atoms with Gasteiger partial charge in [0.15, 0.2) is 0 Å². The summed E-state index contributed by atoms with van der Waals surface area (Å²) in [5.74, 6) is -0.282. The van der Waals surface area contributed by atoms with Crippen molar-refractivity contribution in [1.29, 1.82) is 0 Å². The van der Waals surface area contributed by atoms with E-state index < -0.39 is 11.7 Å². The number of halogens is 3. The number of carbonyl (C=O) groups is 1. The van der Waals surface area contributed by atoms with E-state index in [2.05, 4.69) is 15.1 Å². The Morgan fingerprint density at radius 3 is 2.71 bits per heavy atom. The van der Waals surface area contributed by atoms with Crippen LogP contribution < -0.4 is 0 Å². The molecule has 0 N–H and O–H groups in total. The van der Waals surface area contributed by atoms with Gasteiger partial charge in [-0.2, -0.15) is 13.2 Å². The second kappa shape index (κ2) is 10.4. The van der Waals surface area contributed by atoms with Gasteiger partial charge in [0.1, 0.15) is 18.0 Å². The van der Waals surface area contributed by atoms with Crippen LogP contribution in [0.25, 0.3) is 0 Å². The van der Waals surface area contributed by atoms with E-state index in [0.29, 0.717) is 19.4 Å². The molecule has 0 bridgehead atoms. The van der Waals surface area contributed by atoms with Crippen molar-refractivity contribution in [2.75, 3.05) is 13.2 Å². The molecule has 0 unspecified atom stereocenters. The Bertz CT molecular complexity index is 796. The summed E-state index contributed by atoms with van der Waals surface area (Å²) in [5.41, 5.74) is -0.157. The third-order valence-electron chi connectivity index (χ3n) is 3.60. The zero-order chi connectivity index (χ0) is 20.4. The molecule has 0 aliphatic rings. The Labute approximate surface area is 160 Å². The van der Waals surface area contributed by atoms with E-state index in [-0.39, 0.29) is 36.0 Å². The van der Waals surface area contributed by atoms with Crippen molar-refractivity contribution in [1.82, 2.24) is 9.97 Å². The average molecular weight is 395 g/mol. The standard InChI is InChI=1S/C19H20F3N3O3/c1-2-27-17(26)8-3-4-11-28-25-18(16-13-23-9-10-24-16)14-6-5-7-15(12-14)19(20,21)22/h5-7,9-10,12-13H,2-4,8,11H2,1H3/b25-18-. The van der Waals surface area contributed by atoms with Gasteiger partial charge in [-0.25, -0.2) is 0 Å². The lowest BCUT2D eigenvalue weighted by molar-refractivity contribution is -0.143. The number of unbranched alkanes of at least 4 members (excludes halogenated alkanes) is 1. The lowest BCUT2D eigenvalue weighted by Gasteiger charge is -2.10. The number of oxime groups is 1. The van der Waals surface area contributed by atoms with Crippen molar-refractivity contribution in [2.24, 2.45) is 5.16 Å². The van der Waals surface area contributed by atoms with E-state index in [0.717, 1.165) is 12.1 Å². The summed E-state index contributed by atoms with van der Waals surface area (Å²) in [5, 5.41) is 3.97. The molecule has 1 aromatic carbocycles. The van der Waals surface area contributed by atoms with Crippen LogP contribution >= 0.6 is 0 Å². The number of aromatic nitrogens is 2. The summed E-state index contributed by atoms with van der Waals surface area (Å²) in [6.45, 7) is 2.26. The maximum absolute atomic E-state index is 13.0. The van der Waals surface area contributed by atoms with Crippen molar-refractivity contribution < 1.29 is 27.5 Å². The largest absolute Gasteiger partial charge is 0.466 e. The van der Waals surface area contributed by atoms with Crippen LogP contribution in [-0.2, 0) is 20.5 Å². The van der Waals surface area contributed by atoms with Crippen molar-refractivity contribution >= 4 is 11.7 Å². The van der Waals surface area contributed by atoms with Crippen LogP contribution in [-0.4, -0.2) is 34.9 Å². The summed E-state index contributed by atoms with van der Waals surface area (Å²) in [7, 11) is 0. The van der Waals surface area contributed by atoms with Gasteiger partial charge in [-0.1, -0.05) is 17.3 Å². The molecule has 0 atom stereocenters. The minimum atomic E-state index is -4.47. The molecule has 0 spiro atoms. The first-order valence-corrected chi connectivity index (χ1v) is 8.71. The van der Waals surface area contributed by atoms with Gasteiger partial charge in [-0.15, -0.1) is 0 Å². The Morgan fingerprint density at radius 1 is 1.21 bits per heavy atom. The van der Waals surface area contributed by atoms with Crippen molar-refractivity contribution in [2.45, 2.75) is 32.4 Å². The first-order chi connectivity index (χ1) is 13.4. The van der Waals surface area contributed by atoms with Crippen LogP contribution in [0.1, 0.15) is 43.0 Å². The van der Waals surface area contributed by atoms with E-state index in [9.17, 15) is 18.0 Å². The van der Waals surface area contributed by atoms with Crippen molar-refractivity contribution in [3.63, 3.8) is 0 Å². The number of rotatable bonds is 9. The first-order valence-electron chi connectivity index (χ1n) is 8.71. The molecular weight excluding hydrogens is 375 g/mol. The third kappa shape index (κ3) is 6.64. The van der Waals surface area contributed by atoms with Gasteiger partial charge in [0, 0.05) is 24.4 Å². The van der Waals surface area contributed by atoms with Crippen LogP contribution in [0.4, 0.5) is 13.2 Å². The summed E-state index contributed by atoms with van der Waals surface area (Å²) in [6.07, 6.45) is 1.14. The fourth-order valence-electron chi connectivity index (χ4n) is 2.29. The lowest BCUT2D eigenvalue weighted by Crippen LogP contribution is -2.11. The van der Waals surface area contributed by atoms with Crippen LogP contribution in [0, 0.1) is 0 Å². The predicted octanol–water partition coefficient (Wildman–Crippen LogP) is 4.00. The number of ether oxygens (including phenoxy) is 1. The molecule has 6 nitrogen and oxygen atoms in total. The fourth-order valence-corrected chi connectivity index (χ4v) is 2.29. The third-order valence-corrected chi connectivity index (χ3v) is 3.60. The first kappa shape index (κ1) is 21.3. The van der Waals surface area contributed by atoms with Crippen molar-refractivity contribution in [3.8, 4) is 0 Å². The van der Waals surface area contributed by atoms with Gasteiger partial charge < -0.3 is 9.57 Å². The van der Waals surface area contributed by atoms with Crippen LogP contribution in [0.5, 0.6) is 0 Å². The summed E-state index contributed by atoms with van der Waals surface area (Å²) in [4.78, 5) is 24.5. The molecule has 150 valence electrons. The fraction of sp³-hybridized carbons (Fsp3) is 0.368. The number of esters is 1. The molecule has 2 rings (SSSR count). The molecular formula is C19H20F3N3O3. The molecule has 0 fully saturated rings. The maximum Gasteiger partial charge on any atom is 0.416 e. The molecule has 0 saturated heterocycles. The molecule has 0 aliphatic carbocycles. The highest BCUT2D eigenvalue weighted by Gasteiger charge is 2.31. The van der Waals surface area contributed by atoms with Gasteiger partial charge in [0.2, 0.25) is 0 Å². The summed E-state index contributed by atoms with van der Waals surface area (Å²) < 4.78 is 43.9. The highest BCUT2D eigenvalue weighted by molar-refractivity contribution is 6.11. The van der Waals surface area contributed by atoms with E-state index in [1.165, 1.54) is 30.7 Å². The van der Waals surface area contributed by atoms with Gasteiger partial charge in [0.25, 0.3) is 0 Å². The smallest absolute Gasteiger partial charge is 0.416 e. The van der Waals surface area contributed by atoms with E-state index in [1.54, 1.807) is 6.92 Å². The van der Waals surface area contributed by atoms with Gasteiger partial charge in [-0.3, -0.25) is 14.8 Å². The normalized spacial score (nSPS) is 11.9.